The molecule has 0 aliphatic rings. The molecule has 31 heavy (non-hydrogen) atoms. The molecule has 0 radical (unpaired) electrons. The smallest absolute Gasteiger partial charge is 0.358 e. The Bertz CT molecular complexity index is 744. The van der Waals surface area contributed by atoms with Crippen molar-refractivity contribution in [1.82, 2.24) is 20.2 Å². The lowest BCUT2D eigenvalue weighted by Gasteiger charge is -2.41. The first-order valence-electron chi connectivity index (χ1n) is 10.7. The molecule has 1 rings (SSSR count). The lowest BCUT2D eigenvalue weighted by molar-refractivity contribution is -0.389. The van der Waals surface area contributed by atoms with E-state index in [0.717, 1.165) is 12.8 Å². The molecule has 176 valence electrons. The van der Waals surface area contributed by atoms with Gasteiger partial charge in [0, 0.05) is 24.2 Å². The Labute approximate surface area is 183 Å². The second-order valence-corrected chi connectivity index (χ2v) is 9.45. The van der Waals surface area contributed by atoms with Gasteiger partial charge in [0.25, 0.3) is 0 Å². The van der Waals surface area contributed by atoms with Crippen LogP contribution in [0.5, 0.6) is 0 Å². The normalized spacial score (nSPS) is 14.8. The van der Waals surface area contributed by atoms with Crippen LogP contribution in [0.15, 0.2) is 22.9 Å². The van der Waals surface area contributed by atoms with Crippen LogP contribution >= 0.6 is 0 Å². The molecule has 1 heterocycles. The molecule has 11 nitrogen and oxygen atoms in total. The fraction of sp³-hybridized carbons (Fsp3) is 0.850. The standard InChI is InChI=1S/C20H37N7O4/c1-8-20(9-2,12-22-18(4,5)15(3)24-28)13-23-19(6,7)16(25-29)10-26-11-17(21-14-26)27(30)31/h11,14-16,22-23H,8-10,12-13H2,1-7H3. The summed E-state index contributed by atoms with van der Waals surface area (Å²) in [6.45, 7) is 15.3. The fourth-order valence-electron chi connectivity index (χ4n) is 3.18. The number of nitroso groups, excluding NO2 is 2. The van der Waals surface area contributed by atoms with E-state index >= 15 is 0 Å². The number of hydrogen-bond acceptors (Lipinski definition) is 9. The highest BCUT2D eigenvalue weighted by Crippen LogP contribution is 2.28. The highest BCUT2D eigenvalue weighted by molar-refractivity contribution is 5.12. The first-order valence-corrected chi connectivity index (χ1v) is 10.7. The molecule has 0 bridgehead atoms. The summed E-state index contributed by atoms with van der Waals surface area (Å²) in [7, 11) is 0. The molecule has 0 aliphatic carbocycles. The Morgan fingerprint density at radius 3 is 2.06 bits per heavy atom. The summed E-state index contributed by atoms with van der Waals surface area (Å²) in [5, 5.41) is 24.3. The van der Waals surface area contributed by atoms with Gasteiger partial charge in [-0.2, -0.15) is 9.81 Å². The molecule has 1 aromatic rings. The summed E-state index contributed by atoms with van der Waals surface area (Å²) in [4.78, 5) is 36.6. The molecule has 0 aromatic carbocycles. The SMILES string of the molecule is CCC(CC)(CNC(C)(C)C(C)N=O)CNC(C)(C)C(Cn1cnc([N+](=O)[O-])c1)N=O. The van der Waals surface area contributed by atoms with Crippen molar-refractivity contribution < 1.29 is 4.92 Å². The average molecular weight is 440 g/mol. The van der Waals surface area contributed by atoms with Gasteiger partial charge in [0.15, 0.2) is 0 Å². The van der Waals surface area contributed by atoms with E-state index in [9.17, 15) is 19.9 Å². The van der Waals surface area contributed by atoms with E-state index in [0.29, 0.717) is 13.1 Å². The van der Waals surface area contributed by atoms with Crippen LogP contribution in [-0.2, 0) is 6.54 Å². The number of nitrogens with zero attached hydrogens (tertiary/aromatic N) is 5. The van der Waals surface area contributed by atoms with E-state index < -0.39 is 22.0 Å². The van der Waals surface area contributed by atoms with Crippen LogP contribution in [0, 0.1) is 25.3 Å². The molecule has 2 N–H and O–H groups in total. The Balaban J connectivity index is 2.87. The molecule has 0 spiro atoms. The van der Waals surface area contributed by atoms with E-state index in [1.165, 1.54) is 17.1 Å². The number of nitro groups is 1. The van der Waals surface area contributed by atoms with Crippen LogP contribution in [0.1, 0.15) is 61.3 Å². The van der Waals surface area contributed by atoms with Gasteiger partial charge in [0.05, 0.1) is 6.54 Å². The number of rotatable bonds is 15. The van der Waals surface area contributed by atoms with Crippen LogP contribution in [0.3, 0.4) is 0 Å². The highest BCUT2D eigenvalue weighted by atomic mass is 16.6. The lowest BCUT2D eigenvalue weighted by Crippen LogP contribution is -2.57. The minimum Gasteiger partial charge on any atom is -0.358 e. The van der Waals surface area contributed by atoms with Crippen molar-refractivity contribution in [1.29, 1.82) is 0 Å². The second-order valence-electron chi connectivity index (χ2n) is 9.45. The molecule has 0 saturated heterocycles. The zero-order valence-electron chi connectivity index (χ0n) is 19.7. The van der Waals surface area contributed by atoms with Crippen LogP contribution in [0.4, 0.5) is 5.82 Å². The quantitative estimate of drug-likeness (QED) is 0.241. The molecule has 2 atom stereocenters. The van der Waals surface area contributed by atoms with E-state index in [1.807, 2.05) is 27.7 Å². The van der Waals surface area contributed by atoms with Gasteiger partial charge < -0.3 is 25.3 Å². The summed E-state index contributed by atoms with van der Waals surface area (Å²) in [5.41, 5.74) is -1.18. The van der Waals surface area contributed by atoms with Crippen molar-refractivity contribution in [2.24, 2.45) is 15.8 Å². The number of imidazole rings is 1. The first kappa shape index (κ1) is 26.8. The first-order chi connectivity index (χ1) is 14.4. The summed E-state index contributed by atoms with van der Waals surface area (Å²) in [6, 6.07) is -1.03. The van der Waals surface area contributed by atoms with Crippen molar-refractivity contribution in [2.45, 2.75) is 91.0 Å². The minimum absolute atomic E-state index is 0.0988. The van der Waals surface area contributed by atoms with Gasteiger partial charge in [0.2, 0.25) is 6.33 Å². The van der Waals surface area contributed by atoms with Crippen molar-refractivity contribution in [3.05, 3.63) is 32.5 Å². The van der Waals surface area contributed by atoms with Crippen molar-refractivity contribution in [3.63, 3.8) is 0 Å². The maximum atomic E-state index is 11.6. The molecule has 1 aromatic heterocycles. The zero-order chi connectivity index (χ0) is 23.9. The lowest BCUT2D eigenvalue weighted by atomic mass is 9.79. The minimum atomic E-state index is -0.656. The second kappa shape index (κ2) is 10.9. The monoisotopic (exact) mass is 439 g/mol. The van der Waals surface area contributed by atoms with Crippen molar-refractivity contribution >= 4 is 5.82 Å². The summed E-state index contributed by atoms with van der Waals surface area (Å²) in [6.07, 6.45) is 4.42. The topological polar surface area (TPSA) is 144 Å². The van der Waals surface area contributed by atoms with Crippen LogP contribution in [-0.4, -0.2) is 50.7 Å². The molecule has 11 heteroatoms. The van der Waals surface area contributed by atoms with E-state index in [2.05, 4.69) is 39.8 Å². The number of nitrogens with one attached hydrogen (secondary N) is 2. The summed E-state index contributed by atoms with van der Waals surface area (Å²) in [5.74, 6) is -0.265. The maximum absolute atomic E-state index is 11.6. The Kier molecular flexibility index (Phi) is 9.37. The van der Waals surface area contributed by atoms with E-state index in [1.54, 1.807) is 6.92 Å². The van der Waals surface area contributed by atoms with Crippen molar-refractivity contribution in [2.75, 3.05) is 13.1 Å². The van der Waals surface area contributed by atoms with Gasteiger partial charge >= 0.3 is 5.82 Å². The predicted molar refractivity (Wildman–Crippen MR) is 121 cm³/mol. The Morgan fingerprint density at radius 2 is 1.65 bits per heavy atom. The summed E-state index contributed by atoms with van der Waals surface area (Å²) >= 11 is 0. The third kappa shape index (κ3) is 7.13. The number of hydrogen-bond donors (Lipinski definition) is 2. The molecule has 0 amide bonds. The van der Waals surface area contributed by atoms with Crippen LogP contribution in [0.2, 0.25) is 0 Å². The third-order valence-electron chi connectivity index (χ3n) is 6.69. The molecular formula is C20H37N7O4. The molecule has 0 aliphatic heterocycles. The van der Waals surface area contributed by atoms with Crippen LogP contribution in [0.25, 0.3) is 0 Å². The highest BCUT2D eigenvalue weighted by Gasteiger charge is 2.36. The largest absolute Gasteiger partial charge is 0.381 e. The predicted octanol–water partition coefficient (Wildman–Crippen LogP) is 3.62. The maximum Gasteiger partial charge on any atom is 0.381 e. The van der Waals surface area contributed by atoms with E-state index in [4.69, 9.17) is 0 Å². The van der Waals surface area contributed by atoms with Gasteiger partial charge in [-0.15, -0.1) is 0 Å². The molecule has 2 unspecified atom stereocenters. The van der Waals surface area contributed by atoms with Gasteiger partial charge in [-0.25, -0.2) is 0 Å². The van der Waals surface area contributed by atoms with Gasteiger partial charge in [0.1, 0.15) is 18.3 Å². The van der Waals surface area contributed by atoms with Gasteiger partial charge in [-0.1, -0.05) is 24.2 Å². The Morgan fingerprint density at radius 1 is 1.10 bits per heavy atom. The molecular weight excluding hydrogens is 402 g/mol. The molecule has 0 fully saturated rings. The Hall–Kier alpha value is -2.27. The summed E-state index contributed by atoms with van der Waals surface area (Å²) < 4.78 is 1.51. The van der Waals surface area contributed by atoms with Gasteiger partial charge in [-0.05, 0) is 62.8 Å². The number of aromatic nitrogens is 2. The van der Waals surface area contributed by atoms with Crippen molar-refractivity contribution in [3.8, 4) is 0 Å². The zero-order valence-corrected chi connectivity index (χ0v) is 19.7. The fourth-order valence-corrected chi connectivity index (χ4v) is 3.18. The van der Waals surface area contributed by atoms with Gasteiger partial charge in [-0.3, -0.25) is 0 Å². The molecule has 0 saturated carbocycles. The average Bonchev–Trinajstić information content (AvgIpc) is 3.21. The third-order valence-corrected chi connectivity index (χ3v) is 6.69. The van der Waals surface area contributed by atoms with Crippen LogP contribution < -0.4 is 10.6 Å². The van der Waals surface area contributed by atoms with E-state index in [-0.39, 0.29) is 23.8 Å².